The summed E-state index contributed by atoms with van der Waals surface area (Å²) in [6.07, 6.45) is 5.72. The molecule has 7 nitrogen and oxygen atoms in total. The Bertz CT molecular complexity index is 690. The zero-order valence-corrected chi connectivity index (χ0v) is 10.8. The van der Waals surface area contributed by atoms with Crippen LogP contribution in [0.2, 0.25) is 0 Å². The number of nitrogens with zero attached hydrogens (tertiary/aromatic N) is 2. The SMILES string of the molecule is O=C(NN=CC=Cc1ccccc1[N+](=O)[O-])c1ccco1. The number of furan rings is 1. The second-order valence-electron chi connectivity index (χ2n) is 3.87. The van der Waals surface area contributed by atoms with Gasteiger partial charge >= 0.3 is 5.91 Å². The van der Waals surface area contributed by atoms with Crippen LogP contribution in [0.1, 0.15) is 16.1 Å². The number of benzene rings is 1. The number of hydrogen-bond donors (Lipinski definition) is 1. The summed E-state index contributed by atoms with van der Waals surface area (Å²) in [6.45, 7) is 0. The molecule has 1 aromatic heterocycles. The van der Waals surface area contributed by atoms with E-state index in [0.29, 0.717) is 5.56 Å². The van der Waals surface area contributed by atoms with Gasteiger partial charge in [-0.1, -0.05) is 12.1 Å². The molecule has 0 saturated heterocycles. The van der Waals surface area contributed by atoms with Gasteiger partial charge in [-0.05, 0) is 30.4 Å². The summed E-state index contributed by atoms with van der Waals surface area (Å²) in [7, 11) is 0. The van der Waals surface area contributed by atoms with Crippen molar-refractivity contribution in [1.82, 2.24) is 5.43 Å². The molecule has 0 fully saturated rings. The molecule has 106 valence electrons. The van der Waals surface area contributed by atoms with Crippen LogP contribution in [0.15, 0.2) is 58.3 Å². The molecule has 2 aromatic rings. The van der Waals surface area contributed by atoms with E-state index >= 15 is 0 Å². The number of allylic oxidation sites excluding steroid dienone is 1. The summed E-state index contributed by atoms with van der Waals surface area (Å²) >= 11 is 0. The van der Waals surface area contributed by atoms with Gasteiger partial charge in [-0.25, -0.2) is 5.43 Å². The Labute approximate surface area is 119 Å². The molecule has 0 saturated carbocycles. The Morgan fingerprint density at radius 1 is 1.29 bits per heavy atom. The number of nitro benzene ring substituents is 1. The summed E-state index contributed by atoms with van der Waals surface area (Å²) in [5, 5.41) is 14.5. The van der Waals surface area contributed by atoms with E-state index in [2.05, 4.69) is 10.5 Å². The summed E-state index contributed by atoms with van der Waals surface area (Å²) in [5.74, 6) is -0.329. The molecule has 0 aliphatic carbocycles. The second kappa shape index (κ2) is 6.80. The third kappa shape index (κ3) is 3.87. The van der Waals surface area contributed by atoms with Crippen molar-refractivity contribution in [3.05, 3.63) is 70.2 Å². The minimum atomic E-state index is -0.477. The van der Waals surface area contributed by atoms with Crippen LogP contribution in [0, 0.1) is 10.1 Å². The lowest BCUT2D eigenvalue weighted by Crippen LogP contribution is -2.16. The van der Waals surface area contributed by atoms with E-state index < -0.39 is 10.8 Å². The standard InChI is InChI=1S/C14H11N3O4/c18-14(13-8-4-10-21-13)16-15-9-3-6-11-5-1-2-7-12(11)17(19)20/h1-10H,(H,16,18). The molecule has 1 N–H and O–H groups in total. The molecule has 1 amide bonds. The highest BCUT2D eigenvalue weighted by atomic mass is 16.6. The van der Waals surface area contributed by atoms with E-state index in [1.165, 1.54) is 36.8 Å². The normalized spacial score (nSPS) is 11.0. The van der Waals surface area contributed by atoms with Crippen molar-refractivity contribution in [1.29, 1.82) is 0 Å². The molecule has 0 spiro atoms. The van der Waals surface area contributed by atoms with Crippen LogP contribution >= 0.6 is 0 Å². The first-order valence-electron chi connectivity index (χ1n) is 5.95. The van der Waals surface area contributed by atoms with Crippen LogP contribution in [0.25, 0.3) is 6.08 Å². The van der Waals surface area contributed by atoms with Gasteiger partial charge < -0.3 is 4.42 Å². The van der Waals surface area contributed by atoms with Gasteiger partial charge in [-0.2, -0.15) is 5.10 Å². The maximum Gasteiger partial charge on any atom is 0.307 e. The molecular formula is C14H11N3O4. The van der Waals surface area contributed by atoms with Gasteiger partial charge in [0, 0.05) is 12.3 Å². The van der Waals surface area contributed by atoms with Gasteiger partial charge in [-0.3, -0.25) is 14.9 Å². The smallest absolute Gasteiger partial charge is 0.307 e. The van der Waals surface area contributed by atoms with Crippen LogP contribution in [0.5, 0.6) is 0 Å². The van der Waals surface area contributed by atoms with Crippen molar-refractivity contribution >= 4 is 23.9 Å². The number of hydrogen-bond acceptors (Lipinski definition) is 5. The summed E-state index contributed by atoms with van der Waals surface area (Å²) in [6, 6.07) is 9.41. The molecule has 7 heteroatoms. The number of hydrazone groups is 1. The highest BCUT2D eigenvalue weighted by Crippen LogP contribution is 2.18. The summed E-state index contributed by atoms with van der Waals surface area (Å²) < 4.78 is 4.88. The minimum Gasteiger partial charge on any atom is -0.459 e. The van der Waals surface area contributed by atoms with Crippen LogP contribution in [0.4, 0.5) is 5.69 Å². The molecule has 0 bridgehead atoms. The van der Waals surface area contributed by atoms with Gasteiger partial charge in [0.05, 0.1) is 16.7 Å². The molecule has 1 aromatic carbocycles. The van der Waals surface area contributed by atoms with Crippen LogP contribution in [-0.2, 0) is 0 Å². The molecule has 21 heavy (non-hydrogen) atoms. The van der Waals surface area contributed by atoms with Crippen LogP contribution < -0.4 is 5.43 Å². The molecule has 2 rings (SSSR count). The first kappa shape index (κ1) is 14.2. The van der Waals surface area contributed by atoms with Crippen molar-refractivity contribution < 1.29 is 14.1 Å². The van der Waals surface area contributed by atoms with Gasteiger partial charge in [0.1, 0.15) is 0 Å². The molecule has 0 atom stereocenters. The fourth-order valence-electron chi connectivity index (χ4n) is 1.54. The molecule has 0 radical (unpaired) electrons. The Morgan fingerprint density at radius 3 is 2.81 bits per heavy atom. The number of nitro groups is 1. The Hall–Kier alpha value is -3.22. The van der Waals surface area contributed by atoms with Crippen LogP contribution in [0.3, 0.4) is 0 Å². The largest absolute Gasteiger partial charge is 0.459 e. The predicted molar refractivity (Wildman–Crippen MR) is 76.8 cm³/mol. The third-order valence-corrected chi connectivity index (χ3v) is 2.48. The van der Waals surface area contributed by atoms with Gasteiger partial charge in [0.2, 0.25) is 0 Å². The first-order chi connectivity index (χ1) is 10.2. The van der Waals surface area contributed by atoms with Gasteiger partial charge in [0.15, 0.2) is 5.76 Å². The fraction of sp³-hybridized carbons (Fsp3) is 0. The van der Waals surface area contributed by atoms with Crippen molar-refractivity contribution in [2.24, 2.45) is 5.10 Å². The lowest BCUT2D eigenvalue weighted by Gasteiger charge is -1.95. The Balaban J connectivity index is 1.95. The maximum atomic E-state index is 11.5. The zero-order chi connectivity index (χ0) is 15.1. The molecule has 1 heterocycles. The average molecular weight is 285 g/mol. The van der Waals surface area contributed by atoms with Crippen molar-refractivity contribution in [2.45, 2.75) is 0 Å². The summed E-state index contributed by atoms with van der Waals surface area (Å²) in [5.41, 5.74) is 2.71. The lowest BCUT2D eigenvalue weighted by atomic mass is 10.2. The van der Waals surface area contributed by atoms with Crippen molar-refractivity contribution in [3.63, 3.8) is 0 Å². The fourth-order valence-corrected chi connectivity index (χ4v) is 1.54. The minimum absolute atomic E-state index is 0.00164. The highest BCUT2D eigenvalue weighted by Gasteiger charge is 2.08. The lowest BCUT2D eigenvalue weighted by molar-refractivity contribution is -0.385. The quantitative estimate of drug-likeness (QED) is 0.518. The van der Waals surface area contributed by atoms with E-state index in [9.17, 15) is 14.9 Å². The monoisotopic (exact) mass is 285 g/mol. The number of amides is 1. The Morgan fingerprint density at radius 2 is 2.10 bits per heavy atom. The maximum absolute atomic E-state index is 11.5. The van der Waals surface area contributed by atoms with Crippen LogP contribution in [-0.4, -0.2) is 17.0 Å². The van der Waals surface area contributed by atoms with E-state index in [-0.39, 0.29) is 11.4 Å². The van der Waals surface area contributed by atoms with E-state index in [1.807, 2.05) is 0 Å². The zero-order valence-electron chi connectivity index (χ0n) is 10.8. The number of carbonyl (C=O) groups is 1. The van der Waals surface area contributed by atoms with E-state index in [1.54, 1.807) is 24.3 Å². The predicted octanol–water partition coefficient (Wildman–Crippen LogP) is 2.62. The van der Waals surface area contributed by atoms with Crippen molar-refractivity contribution in [2.75, 3.05) is 0 Å². The second-order valence-corrected chi connectivity index (χ2v) is 3.87. The third-order valence-electron chi connectivity index (χ3n) is 2.48. The molecule has 0 aliphatic heterocycles. The first-order valence-corrected chi connectivity index (χ1v) is 5.95. The number of nitrogens with one attached hydrogen (secondary N) is 1. The average Bonchev–Trinajstić information content (AvgIpc) is 3.01. The number of para-hydroxylation sites is 1. The highest BCUT2D eigenvalue weighted by molar-refractivity contribution is 5.92. The van der Waals surface area contributed by atoms with Crippen molar-refractivity contribution in [3.8, 4) is 0 Å². The number of rotatable bonds is 5. The molecular weight excluding hydrogens is 274 g/mol. The van der Waals surface area contributed by atoms with Gasteiger partial charge in [0.25, 0.3) is 5.69 Å². The number of carbonyl (C=O) groups excluding carboxylic acids is 1. The molecule has 0 unspecified atom stereocenters. The van der Waals surface area contributed by atoms with Gasteiger partial charge in [-0.15, -0.1) is 0 Å². The Kier molecular flexibility index (Phi) is 4.60. The van der Waals surface area contributed by atoms with E-state index in [4.69, 9.17) is 4.42 Å². The summed E-state index contributed by atoms with van der Waals surface area (Å²) in [4.78, 5) is 21.8. The molecule has 0 aliphatic rings. The topological polar surface area (TPSA) is 97.7 Å². The van der Waals surface area contributed by atoms with E-state index in [0.717, 1.165) is 0 Å².